The van der Waals surface area contributed by atoms with Gasteiger partial charge in [0.25, 0.3) is 11.6 Å². The maximum Gasteiger partial charge on any atom is 0.294 e. The molecule has 0 atom stereocenters. The first-order valence-electron chi connectivity index (χ1n) is 9.79. The van der Waals surface area contributed by atoms with Crippen LogP contribution in [0.2, 0.25) is 5.02 Å². The standard InChI is InChI=1S/C21H24ClN3O5/c1-2-29-13-14-30-20-6-4-3-5-17(20)21(26)24-11-9-23(10-12-24)18-8-7-16(22)15-19(18)25(27)28/h3-8,15H,2,9-14H2,1H3. The van der Waals surface area contributed by atoms with E-state index in [1.165, 1.54) is 6.07 Å². The Morgan fingerprint density at radius 2 is 1.87 bits per heavy atom. The highest BCUT2D eigenvalue weighted by molar-refractivity contribution is 6.30. The molecule has 0 spiro atoms. The van der Waals surface area contributed by atoms with E-state index in [9.17, 15) is 14.9 Å². The number of hydrogen-bond acceptors (Lipinski definition) is 6. The van der Waals surface area contributed by atoms with Gasteiger partial charge in [0.05, 0.1) is 17.1 Å². The Morgan fingerprint density at radius 3 is 2.57 bits per heavy atom. The molecular formula is C21H24ClN3O5. The van der Waals surface area contributed by atoms with E-state index in [-0.39, 0.29) is 11.6 Å². The van der Waals surface area contributed by atoms with E-state index < -0.39 is 4.92 Å². The fraction of sp³-hybridized carbons (Fsp3) is 0.381. The van der Waals surface area contributed by atoms with Crippen LogP contribution in [0.1, 0.15) is 17.3 Å². The molecule has 0 aliphatic carbocycles. The molecule has 0 unspecified atom stereocenters. The van der Waals surface area contributed by atoms with Gasteiger partial charge in [0.2, 0.25) is 0 Å². The summed E-state index contributed by atoms with van der Waals surface area (Å²) < 4.78 is 11.0. The van der Waals surface area contributed by atoms with E-state index in [2.05, 4.69) is 0 Å². The van der Waals surface area contributed by atoms with Gasteiger partial charge in [-0.15, -0.1) is 0 Å². The monoisotopic (exact) mass is 433 g/mol. The van der Waals surface area contributed by atoms with E-state index >= 15 is 0 Å². The van der Waals surface area contributed by atoms with Gasteiger partial charge in [0.15, 0.2) is 0 Å². The SMILES string of the molecule is CCOCCOc1ccccc1C(=O)N1CCN(c2ccc(Cl)cc2[N+](=O)[O-])CC1. The molecule has 8 nitrogen and oxygen atoms in total. The van der Waals surface area contributed by atoms with Crippen molar-refractivity contribution in [3.8, 4) is 5.75 Å². The molecule has 3 rings (SSSR count). The summed E-state index contributed by atoms with van der Waals surface area (Å²) in [5, 5.41) is 11.7. The topological polar surface area (TPSA) is 85.2 Å². The minimum atomic E-state index is -0.436. The minimum absolute atomic E-state index is 0.0321. The Morgan fingerprint density at radius 1 is 1.13 bits per heavy atom. The van der Waals surface area contributed by atoms with Crippen LogP contribution in [0.5, 0.6) is 5.75 Å². The van der Waals surface area contributed by atoms with Gasteiger partial charge in [-0.05, 0) is 31.2 Å². The van der Waals surface area contributed by atoms with E-state index in [4.69, 9.17) is 21.1 Å². The lowest BCUT2D eigenvalue weighted by atomic mass is 10.1. The van der Waals surface area contributed by atoms with Crippen molar-refractivity contribution in [1.82, 2.24) is 4.90 Å². The van der Waals surface area contributed by atoms with Crippen LogP contribution in [-0.4, -0.2) is 61.7 Å². The summed E-state index contributed by atoms with van der Waals surface area (Å²) in [5.74, 6) is 0.408. The third-order valence-corrected chi connectivity index (χ3v) is 5.08. The Kier molecular flexibility index (Phi) is 7.48. The summed E-state index contributed by atoms with van der Waals surface area (Å²) in [6.07, 6.45) is 0. The third-order valence-electron chi connectivity index (χ3n) is 4.85. The first-order valence-corrected chi connectivity index (χ1v) is 10.2. The molecule has 1 aliphatic rings. The first kappa shape index (κ1) is 21.9. The zero-order valence-electron chi connectivity index (χ0n) is 16.8. The molecule has 1 saturated heterocycles. The zero-order chi connectivity index (χ0) is 21.5. The fourth-order valence-corrected chi connectivity index (χ4v) is 3.52. The van der Waals surface area contributed by atoms with Crippen molar-refractivity contribution in [1.29, 1.82) is 0 Å². The number of halogens is 1. The number of amides is 1. The Balaban J connectivity index is 1.66. The summed E-state index contributed by atoms with van der Waals surface area (Å²) in [4.78, 5) is 27.6. The molecule has 2 aromatic carbocycles. The van der Waals surface area contributed by atoms with E-state index in [1.807, 2.05) is 17.9 Å². The van der Waals surface area contributed by atoms with Crippen LogP contribution >= 0.6 is 11.6 Å². The second-order valence-electron chi connectivity index (χ2n) is 6.71. The molecule has 1 aliphatic heterocycles. The molecule has 1 heterocycles. The van der Waals surface area contributed by atoms with Gasteiger partial charge >= 0.3 is 0 Å². The van der Waals surface area contributed by atoms with Crippen molar-refractivity contribution < 1.29 is 19.2 Å². The molecule has 1 amide bonds. The predicted octanol–water partition coefficient (Wildman–Crippen LogP) is 3.63. The molecule has 0 bridgehead atoms. The van der Waals surface area contributed by atoms with Gasteiger partial charge < -0.3 is 19.3 Å². The largest absolute Gasteiger partial charge is 0.490 e. The highest BCUT2D eigenvalue weighted by atomic mass is 35.5. The van der Waals surface area contributed by atoms with Crippen LogP contribution in [0.3, 0.4) is 0 Å². The number of carbonyl (C=O) groups is 1. The lowest BCUT2D eigenvalue weighted by Gasteiger charge is -2.36. The lowest BCUT2D eigenvalue weighted by molar-refractivity contribution is -0.384. The van der Waals surface area contributed by atoms with Crippen LogP contribution in [0.25, 0.3) is 0 Å². The molecule has 9 heteroatoms. The van der Waals surface area contributed by atoms with E-state index in [0.29, 0.717) is 68.0 Å². The quantitative estimate of drug-likeness (QED) is 0.359. The average molecular weight is 434 g/mol. The highest BCUT2D eigenvalue weighted by Crippen LogP contribution is 2.32. The molecule has 0 saturated carbocycles. The number of nitrogens with zero attached hydrogens (tertiary/aromatic N) is 3. The number of anilines is 1. The Hall–Kier alpha value is -2.84. The molecule has 1 fully saturated rings. The van der Waals surface area contributed by atoms with Crippen LogP contribution in [-0.2, 0) is 4.74 Å². The second kappa shape index (κ2) is 10.3. The Labute approximate surface area is 180 Å². The number of benzene rings is 2. The molecule has 30 heavy (non-hydrogen) atoms. The summed E-state index contributed by atoms with van der Waals surface area (Å²) in [6.45, 7) is 5.22. The van der Waals surface area contributed by atoms with Crippen molar-refractivity contribution >= 4 is 28.9 Å². The number of piperazine rings is 1. The number of rotatable bonds is 8. The number of nitro benzene ring substituents is 1. The van der Waals surface area contributed by atoms with Crippen molar-refractivity contribution in [2.24, 2.45) is 0 Å². The van der Waals surface area contributed by atoms with Crippen LogP contribution in [0.15, 0.2) is 42.5 Å². The van der Waals surface area contributed by atoms with Crippen LogP contribution in [0, 0.1) is 10.1 Å². The number of nitro groups is 1. The van der Waals surface area contributed by atoms with Gasteiger partial charge in [0, 0.05) is 43.9 Å². The van der Waals surface area contributed by atoms with Gasteiger partial charge in [-0.25, -0.2) is 0 Å². The highest BCUT2D eigenvalue weighted by Gasteiger charge is 2.27. The first-order chi connectivity index (χ1) is 14.5. The van der Waals surface area contributed by atoms with Crippen molar-refractivity contribution in [2.45, 2.75) is 6.92 Å². The molecule has 160 valence electrons. The molecule has 0 radical (unpaired) electrons. The number of para-hydroxylation sites is 1. The number of carbonyl (C=O) groups excluding carboxylic acids is 1. The number of hydrogen-bond donors (Lipinski definition) is 0. The second-order valence-corrected chi connectivity index (χ2v) is 7.15. The lowest BCUT2D eigenvalue weighted by Crippen LogP contribution is -2.49. The van der Waals surface area contributed by atoms with Gasteiger partial charge in [-0.3, -0.25) is 14.9 Å². The third kappa shape index (κ3) is 5.20. The summed E-state index contributed by atoms with van der Waals surface area (Å²) in [5.41, 5.74) is 0.978. The smallest absolute Gasteiger partial charge is 0.294 e. The van der Waals surface area contributed by atoms with Crippen LogP contribution < -0.4 is 9.64 Å². The van der Waals surface area contributed by atoms with E-state index in [0.717, 1.165) is 0 Å². The molecule has 2 aromatic rings. The van der Waals surface area contributed by atoms with Crippen LogP contribution in [0.4, 0.5) is 11.4 Å². The summed E-state index contributed by atoms with van der Waals surface area (Å²) in [7, 11) is 0. The molecule has 0 N–H and O–H groups in total. The maximum atomic E-state index is 13.0. The minimum Gasteiger partial charge on any atom is -0.490 e. The van der Waals surface area contributed by atoms with Gasteiger partial charge in [-0.1, -0.05) is 23.7 Å². The summed E-state index contributed by atoms with van der Waals surface area (Å²) in [6, 6.07) is 11.8. The fourth-order valence-electron chi connectivity index (χ4n) is 3.36. The summed E-state index contributed by atoms with van der Waals surface area (Å²) >= 11 is 5.91. The molecule has 0 aromatic heterocycles. The normalized spacial score (nSPS) is 13.9. The van der Waals surface area contributed by atoms with Gasteiger partial charge in [0.1, 0.15) is 18.0 Å². The van der Waals surface area contributed by atoms with Crippen molar-refractivity contribution in [3.05, 3.63) is 63.2 Å². The predicted molar refractivity (Wildman–Crippen MR) is 115 cm³/mol. The Bertz CT molecular complexity index is 900. The zero-order valence-corrected chi connectivity index (χ0v) is 17.5. The van der Waals surface area contributed by atoms with Crippen molar-refractivity contribution in [2.75, 3.05) is 50.9 Å². The average Bonchev–Trinajstić information content (AvgIpc) is 2.76. The van der Waals surface area contributed by atoms with Crippen molar-refractivity contribution in [3.63, 3.8) is 0 Å². The molecular weight excluding hydrogens is 410 g/mol. The van der Waals surface area contributed by atoms with E-state index in [1.54, 1.807) is 35.2 Å². The van der Waals surface area contributed by atoms with Gasteiger partial charge in [-0.2, -0.15) is 0 Å². The maximum absolute atomic E-state index is 13.0. The number of ether oxygens (including phenoxy) is 2.